The van der Waals surface area contributed by atoms with E-state index in [-0.39, 0.29) is 0 Å². The standard InChI is InChI=1S/C21H32N2O2/c1-6-9-17-10-8-12-23(13-11-17)21(22-7-2)18-15-20(25-5)19(24-4)14-16(18)3/h7,14-15,17H,2,6,8-13H2,1,3-5H3/b22-21+. The molecule has 1 aliphatic heterocycles. The summed E-state index contributed by atoms with van der Waals surface area (Å²) in [5.41, 5.74) is 2.22. The highest BCUT2D eigenvalue weighted by molar-refractivity contribution is 6.01. The average Bonchev–Trinajstić information content (AvgIpc) is 2.85. The minimum atomic E-state index is 0.735. The Balaban J connectivity index is 2.32. The maximum Gasteiger partial charge on any atom is 0.161 e. The molecule has 1 aromatic carbocycles. The summed E-state index contributed by atoms with van der Waals surface area (Å²) in [4.78, 5) is 7.04. The Bertz CT molecular complexity index is 610. The first-order valence-electron chi connectivity index (χ1n) is 9.31. The van der Waals surface area contributed by atoms with E-state index in [1.807, 2.05) is 12.1 Å². The first-order valence-corrected chi connectivity index (χ1v) is 9.31. The van der Waals surface area contributed by atoms with E-state index in [2.05, 4.69) is 30.3 Å². The molecule has 1 aromatic rings. The van der Waals surface area contributed by atoms with Gasteiger partial charge in [-0.15, -0.1) is 0 Å². The predicted octanol–water partition coefficient (Wildman–Crippen LogP) is 4.80. The summed E-state index contributed by atoms with van der Waals surface area (Å²) in [5.74, 6) is 3.32. The maximum absolute atomic E-state index is 5.50. The van der Waals surface area contributed by atoms with E-state index >= 15 is 0 Å². The molecule has 0 spiro atoms. The third-order valence-electron chi connectivity index (χ3n) is 5.03. The van der Waals surface area contributed by atoms with Crippen molar-refractivity contribution in [3.05, 3.63) is 36.0 Å². The normalized spacial score (nSPS) is 18.6. The number of ether oxygens (including phenoxy) is 2. The first-order chi connectivity index (χ1) is 12.1. The zero-order valence-electron chi connectivity index (χ0n) is 16.2. The molecule has 0 amide bonds. The second kappa shape index (κ2) is 9.50. The lowest BCUT2D eigenvalue weighted by Gasteiger charge is -2.26. The van der Waals surface area contributed by atoms with Gasteiger partial charge in [0.1, 0.15) is 5.84 Å². The Morgan fingerprint density at radius 3 is 2.60 bits per heavy atom. The van der Waals surface area contributed by atoms with E-state index in [0.29, 0.717) is 0 Å². The molecular weight excluding hydrogens is 312 g/mol. The van der Waals surface area contributed by atoms with Gasteiger partial charge in [0.05, 0.1) is 14.2 Å². The van der Waals surface area contributed by atoms with Gasteiger partial charge >= 0.3 is 0 Å². The van der Waals surface area contributed by atoms with Crippen LogP contribution in [0.15, 0.2) is 29.9 Å². The van der Waals surface area contributed by atoms with Crippen LogP contribution in [0, 0.1) is 12.8 Å². The fourth-order valence-corrected chi connectivity index (χ4v) is 3.70. The lowest BCUT2D eigenvalue weighted by atomic mass is 9.96. The van der Waals surface area contributed by atoms with Crippen LogP contribution < -0.4 is 9.47 Å². The van der Waals surface area contributed by atoms with Crippen LogP contribution >= 0.6 is 0 Å². The van der Waals surface area contributed by atoms with Gasteiger partial charge in [0, 0.05) is 24.9 Å². The van der Waals surface area contributed by atoms with E-state index < -0.39 is 0 Å². The lowest BCUT2D eigenvalue weighted by Crippen LogP contribution is -2.33. The number of nitrogens with zero attached hydrogens (tertiary/aromatic N) is 2. The highest BCUT2D eigenvalue weighted by atomic mass is 16.5. The molecule has 0 radical (unpaired) electrons. The van der Waals surface area contributed by atoms with Crippen molar-refractivity contribution in [1.29, 1.82) is 0 Å². The molecule has 2 rings (SSSR count). The monoisotopic (exact) mass is 344 g/mol. The molecule has 138 valence electrons. The lowest BCUT2D eigenvalue weighted by molar-refractivity contribution is 0.354. The maximum atomic E-state index is 5.50. The molecule has 0 bridgehead atoms. The summed E-state index contributed by atoms with van der Waals surface area (Å²) in [7, 11) is 3.33. The molecule has 1 unspecified atom stereocenters. The van der Waals surface area contributed by atoms with Gasteiger partial charge in [-0.05, 0) is 49.8 Å². The van der Waals surface area contributed by atoms with E-state index in [1.165, 1.54) is 32.1 Å². The van der Waals surface area contributed by atoms with E-state index in [1.54, 1.807) is 20.4 Å². The Hall–Kier alpha value is -1.97. The van der Waals surface area contributed by atoms with Crippen LogP contribution in [0.5, 0.6) is 11.5 Å². The van der Waals surface area contributed by atoms with Crippen LogP contribution in [0.2, 0.25) is 0 Å². The minimum Gasteiger partial charge on any atom is -0.493 e. The van der Waals surface area contributed by atoms with Crippen molar-refractivity contribution in [3.63, 3.8) is 0 Å². The van der Waals surface area contributed by atoms with Crippen LogP contribution in [-0.2, 0) is 0 Å². The van der Waals surface area contributed by atoms with Crippen LogP contribution in [0.4, 0.5) is 0 Å². The van der Waals surface area contributed by atoms with Crippen LogP contribution in [0.25, 0.3) is 0 Å². The second-order valence-electron chi connectivity index (χ2n) is 6.73. The minimum absolute atomic E-state index is 0.735. The van der Waals surface area contributed by atoms with Gasteiger partial charge in [-0.3, -0.25) is 0 Å². The zero-order chi connectivity index (χ0) is 18.2. The first kappa shape index (κ1) is 19.4. The van der Waals surface area contributed by atoms with Crippen LogP contribution in [0.1, 0.15) is 50.2 Å². The van der Waals surface area contributed by atoms with Gasteiger partial charge in [0.2, 0.25) is 0 Å². The number of amidine groups is 1. The third-order valence-corrected chi connectivity index (χ3v) is 5.03. The van der Waals surface area contributed by atoms with Gasteiger partial charge in [0.25, 0.3) is 0 Å². The molecule has 1 aliphatic rings. The average molecular weight is 344 g/mol. The Morgan fingerprint density at radius 1 is 1.24 bits per heavy atom. The number of benzene rings is 1. The highest BCUT2D eigenvalue weighted by Crippen LogP contribution is 2.32. The Morgan fingerprint density at radius 2 is 1.96 bits per heavy atom. The molecule has 25 heavy (non-hydrogen) atoms. The van der Waals surface area contributed by atoms with Gasteiger partial charge in [-0.2, -0.15) is 0 Å². The van der Waals surface area contributed by atoms with E-state index in [9.17, 15) is 0 Å². The summed E-state index contributed by atoms with van der Waals surface area (Å²) < 4.78 is 10.9. The molecule has 1 saturated heterocycles. The van der Waals surface area contributed by atoms with Crippen molar-refractivity contribution in [2.24, 2.45) is 10.9 Å². The molecule has 0 aromatic heterocycles. The quantitative estimate of drug-likeness (QED) is 0.549. The molecule has 1 atom stereocenters. The summed E-state index contributed by atoms with van der Waals surface area (Å²) in [6.45, 7) is 10.3. The Kier molecular flexibility index (Phi) is 7.35. The van der Waals surface area contributed by atoms with Gasteiger partial charge in [-0.1, -0.05) is 26.3 Å². The number of likely N-dealkylation sites (tertiary alicyclic amines) is 1. The van der Waals surface area contributed by atoms with Crippen LogP contribution in [-0.4, -0.2) is 38.0 Å². The zero-order valence-corrected chi connectivity index (χ0v) is 16.2. The second-order valence-corrected chi connectivity index (χ2v) is 6.73. The number of hydrogen-bond donors (Lipinski definition) is 0. The van der Waals surface area contributed by atoms with Crippen molar-refractivity contribution >= 4 is 5.84 Å². The van der Waals surface area contributed by atoms with Crippen LogP contribution in [0.3, 0.4) is 0 Å². The summed E-state index contributed by atoms with van der Waals surface area (Å²) >= 11 is 0. The highest BCUT2D eigenvalue weighted by Gasteiger charge is 2.22. The molecule has 0 saturated carbocycles. The fraction of sp³-hybridized carbons (Fsp3) is 0.571. The van der Waals surface area contributed by atoms with E-state index in [0.717, 1.165) is 47.5 Å². The molecule has 0 aliphatic carbocycles. The largest absolute Gasteiger partial charge is 0.493 e. The van der Waals surface area contributed by atoms with Crippen molar-refractivity contribution in [2.75, 3.05) is 27.3 Å². The van der Waals surface area contributed by atoms with Gasteiger partial charge in [-0.25, -0.2) is 4.99 Å². The summed E-state index contributed by atoms with van der Waals surface area (Å²) in [6.07, 6.45) is 8.00. The number of aliphatic imine (C=N–C) groups is 1. The molecular formula is C21H32N2O2. The number of hydrogen-bond acceptors (Lipinski definition) is 3. The smallest absolute Gasteiger partial charge is 0.161 e. The van der Waals surface area contributed by atoms with Crippen molar-refractivity contribution in [1.82, 2.24) is 4.90 Å². The topological polar surface area (TPSA) is 34.1 Å². The molecule has 4 nitrogen and oxygen atoms in total. The van der Waals surface area contributed by atoms with Crippen molar-refractivity contribution < 1.29 is 9.47 Å². The van der Waals surface area contributed by atoms with Crippen molar-refractivity contribution in [3.8, 4) is 11.5 Å². The van der Waals surface area contributed by atoms with Gasteiger partial charge < -0.3 is 14.4 Å². The summed E-state index contributed by atoms with van der Waals surface area (Å²) in [6, 6.07) is 4.05. The number of aryl methyl sites for hydroxylation is 1. The van der Waals surface area contributed by atoms with Gasteiger partial charge in [0.15, 0.2) is 11.5 Å². The number of rotatable bonds is 6. The van der Waals surface area contributed by atoms with Crippen molar-refractivity contribution in [2.45, 2.75) is 46.0 Å². The molecule has 0 N–H and O–H groups in total. The van der Waals surface area contributed by atoms with E-state index in [4.69, 9.17) is 9.47 Å². The predicted molar refractivity (Wildman–Crippen MR) is 105 cm³/mol. The molecule has 4 heteroatoms. The SMILES string of the molecule is C=C/N=C(\c1cc(OC)c(OC)cc1C)N1CCCC(CCC)CC1. The summed E-state index contributed by atoms with van der Waals surface area (Å²) in [5, 5.41) is 0. The Labute approximate surface area is 152 Å². The third kappa shape index (κ3) is 4.77. The fourth-order valence-electron chi connectivity index (χ4n) is 3.70. The molecule has 1 heterocycles. The number of methoxy groups -OCH3 is 2. The molecule has 1 fully saturated rings.